The molecule has 2 rings (SSSR count). The average molecular weight is 388 g/mol. The Morgan fingerprint density at radius 1 is 1.16 bits per heavy atom. The van der Waals surface area contributed by atoms with Gasteiger partial charge in [-0.1, -0.05) is 12.1 Å². The zero-order chi connectivity index (χ0) is 14.0. The van der Waals surface area contributed by atoms with E-state index >= 15 is 0 Å². The highest BCUT2D eigenvalue weighted by molar-refractivity contribution is 9.11. The number of hydrogen-bond acceptors (Lipinski definition) is 2. The van der Waals surface area contributed by atoms with Crippen molar-refractivity contribution in [3.8, 4) is 0 Å². The Bertz CT molecular complexity index is 623. The van der Waals surface area contributed by atoms with E-state index in [0.717, 1.165) is 0 Å². The second kappa shape index (κ2) is 5.71. The van der Waals surface area contributed by atoms with Gasteiger partial charge in [0.15, 0.2) is 0 Å². The van der Waals surface area contributed by atoms with Gasteiger partial charge in [0.05, 0.1) is 11.3 Å². The number of rotatable bonds is 2. The van der Waals surface area contributed by atoms with Gasteiger partial charge in [-0.15, -0.1) is 0 Å². The van der Waals surface area contributed by atoms with Crippen LogP contribution in [0.15, 0.2) is 45.3 Å². The number of nitrogen functional groups attached to an aromatic ring is 1. The summed E-state index contributed by atoms with van der Waals surface area (Å²) in [6.45, 7) is 0. The molecule has 98 valence electrons. The first-order valence-electron chi connectivity index (χ1n) is 5.29. The van der Waals surface area contributed by atoms with Gasteiger partial charge in [0.1, 0.15) is 5.82 Å². The molecule has 0 aromatic heterocycles. The van der Waals surface area contributed by atoms with Crippen molar-refractivity contribution < 1.29 is 9.18 Å². The van der Waals surface area contributed by atoms with Crippen LogP contribution in [-0.2, 0) is 0 Å². The van der Waals surface area contributed by atoms with Gasteiger partial charge in [-0.25, -0.2) is 4.39 Å². The highest BCUT2D eigenvalue weighted by atomic mass is 79.9. The van der Waals surface area contributed by atoms with Crippen molar-refractivity contribution in [2.24, 2.45) is 0 Å². The molecule has 0 heterocycles. The predicted octanol–water partition coefficient (Wildman–Crippen LogP) is 4.19. The van der Waals surface area contributed by atoms with E-state index in [2.05, 4.69) is 37.2 Å². The first-order chi connectivity index (χ1) is 8.99. The molecule has 0 unspecified atom stereocenters. The summed E-state index contributed by atoms with van der Waals surface area (Å²) in [4.78, 5) is 12.0. The molecule has 0 aliphatic heterocycles. The van der Waals surface area contributed by atoms with E-state index in [1.807, 2.05) is 0 Å². The third-order valence-corrected chi connectivity index (χ3v) is 3.67. The summed E-state index contributed by atoms with van der Waals surface area (Å²) in [7, 11) is 0. The molecule has 1 amide bonds. The highest BCUT2D eigenvalue weighted by Crippen LogP contribution is 2.33. The molecular weight excluding hydrogens is 379 g/mol. The minimum absolute atomic E-state index is 0.0156. The van der Waals surface area contributed by atoms with Crippen LogP contribution >= 0.6 is 31.9 Å². The van der Waals surface area contributed by atoms with Crippen LogP contribution in [0.25, 0.3) is 0 Å². The smallest absolute Gasteiger partial charge is 0.258 e. The number of anilines is 2. The van der Waals surface area contributed by atoms with Crippen molar-refractivity contribution in [3.05, 3.63) is 56.7 Å². The predicted molar refractivity (Wildman–Crippen MR) is 80.6 cm³/mol. The number of hydrogen-bond donors (Lipinski definition) is 2. The minimum Gasteiger partial charge on any atom is -0.399 e. The molecule has 6 heteroatoms. The lowest BCUT2D eigenvalue weighted by molar-refractivity contribution is 0.102. The van der Waals surface area contributed by atoms with E-state index in [1.165, 1.54) is 18.2 Å². The first kappa shape index (κ1) is 14.0. The third-order valence-electron chi connectivity index (χ3n) is 2.42. The Hall–Kier alpha value is -1.40. The number of nitrogens with two attached hydrogens (primary N) is 1. The van der Waals surface area contributed by atoms with Crippen LogP contribution in [0.4, 0.5) is 15.8 Å². The van der Waals surface area contributed by atoms with Gasteiger partial charge >= 0.3 is 0 Å². The molecule has 0 saturated heterocycles. The summed E-state index contributed by atoms with van der Waals surface area (Å²) < 4.78 is 14.7. The lowest BCUT2D eigenvalue weighted by Crippen LogP contribution is -2.14. The van der Waals surface area contributed by atoms with Gasteiger partial charge in [-0.3, -0.25) is 4.79 Å². The van der Waals surface area contributed by atoms with Crippen LogP contribution in [0, 0.1) is 5.82 Å². The fourth-order valence-electron chi connectivity index (χ4n) is 1.54. The molecule has 0 fully saturated rings. The molecule has 0 aliphatic carbocycles. The fraction of sp³-hybridized carbons (Fsp3) is 0. The average Bonchev–Trinajstić information content (AvgIpc) is 2.34. The number of nitrogens with one attached hydrogen (secondary N) is 1. The fourth-order valence-corrected chi connectivity index (χ4v) is 2.96. The van der Waals surface area contributed by atoms with E-state index in [0.29, 0.717) is 20.3 Å². The number of benzene rings is 2. The van der Waals surface area contributed by atoms with E-state index in [1.54, 1.807) is 18.2 Å². The van der Waals surface area contributed by atoms with Gasteiger partial charge in [0, 0.05) is 14.6 Å². The standard InChI is InChI=1S/C13H9Br2FN2O/c14-9-5-7(17)6-10(15)12(9)18-13(19)8-3-1-2-4-11(8)16/h1-6H,17H2,(H,18,19). The van der Waals surface area contributed by atoms with Crippen molar-refractivity contribution in [1.29, 1.82) is 0 Å². The molecule has 2 aromatic carbocycles. The maximum atomic E-state index is 13.5. The summed E-state index contributed by atoms with van der Waals surface area (Å²) in [5, 5.41) is 2.63. The molecule has 0 saturated carbocycles. The lowest BCUT2D eigenvalue weighted by atomic mass is 10.2. The normalized spacial score (nSPS) is 10.3. The quantitative estimate of drug-likeness (QED) is 0.759. The minimum atomic E-state index is -0.567. The number of amides is 1. The van der Waals surface area contributed by atoms with E-state index < -0.39 is 11.7 Å². The van der Waals surface area contributed by atoms with Crippen LogP contribution in [0.3, 0.4) is 0 Å². The lowest BCUT2D eigenvalue weighted by Gasteiger charge is -2.11. The summed E-state index contributed by atoms with van der Waals surface area (Å²) >= 11 is 6.60. The number of halogens is 3. The van der Waals surface area contributed by atoms with Crippen LogP contribution in [0.1, 0.15) is 10.4 Å². The van der Waals surface area contributed by atoms with Crippen molar-refractivity contribution in [2.45, 2.75) is 0 Å². The molecule has 3 nitrogen and oxygen atoms in total. The van der Waals surface area contributed by atoms with Gasteiger partial charge < -0.3 is 11.1 Å². The Morgan fingerprint density at radius 2 is 1.74 bits per heavy atom. The Kier molecular flexibility index (Phi) is 4.21. The second-order valence-corrected chi connectivity index (χ2v) is 5.50. The number of carbonyl (C=O) groups is 1. The molecule has 0 bridgehead atoms. The summed E-state index contributed by atoms with van der Waals surface area (Å²) in [5.74, 6) is -1.09. The number of carbonyl (C=O) groups excluding carboxylic acids is 1. The van der Waals surface area contributed by atoms with Crippen LogP contribution in [0.5, 0.6) is 0 Å². The van der Waals surface area contributed by atoms with Crippen LogP contribution in [0.2, 0.25) is 0 Å². The third kappa shape index (κ3) is 3.13. The van der Waals surface area contributed by atoms with Crippen molar-refractivity contribution in [1.82, 2.24) is 0 Å². The second-order valence-electron chi connectivity index (χ2n) is 3.79. The molecular formula is C13H9Br2FN2O. The van der Waals surface area contributed by atoms with Crippen molar-refractivity contribution in [2.75, 3.05) is 11.1 Å². The zero-order valence-corrected chi connectivity index (χ0v) is 12.8. The summed E-state index contributed by atoms with van der Waals surface area (Å²) in [5.41, 5.74) is 6.69. The molecule has 2 aromatic rings. The molecule has 0 spiro atoms. The molecule has 19 heavy (non-hydrogen) atoms. The monoisotopic (exact) mass is 386 g/mol. The summed E-state index contributed by atoms with van der Waals surface area (Å²) in [6.07, 6.45) is 0. The topological polar surface area (TPSA) is 55.1 Å². The SMILES string of the molecule is Nc1cc(Br)c(NC(=O)c2ccccc2F)c(Br)c1. The largest absolute Gasteiger partial charge is 0.399 e. The molecule has 0 atom stereocenters. The van der Waals surface area contributed by atoms with E-state index in [-0.39, 0.29) is 5.56 Å². The Balaban J connectivity index is 2.32. The van der Waals surface area contributed by atoms with Crippen LogP contribution in [-0.4, -0.2) is 5.91 Å². The molecule has 0 aliphatic rings. The van der Waals surface area contributed by atoms with E-state index in [9.17, 15) is 9.18 Å². The van der Waals surface area contributed by atoms with Crippen molar-refractivity contribution in [3.63, 3.8) is 0 Å². The van der Waals surface area contributed by atoms with Gasteiger partial charge in [-0.05, 0) is 56.1 Å². The highest BCUT2D eigenvalue weighted by Gasteiger charge is 2.14. The van der Waals surface area contributed by atoms with Gasteiger partial charge in [-0.2, -0.15) is 0 Å². The maximum Gasteiger partial charge on any atom is 0.258 e. The van der Waals surface area contributed by atoms with Gasteiger partial charge in [0.2, 0.25) is 0 Å². The van der Waals surface area contributed by atoms with Crippen molar-refractivity contribution >= 4 is 49.1 Å². The molecule has 3 N–H and O–H groups in total. The zero-order valence-electron chi connectivity index (χ0n) is 9.58. The Morgan fingerprint density at radius 3 is 2.32 bits per heavy atom. The molecule has 0 radical (unpaired) electrons. The Labute approximate surface area is 126 Å². The first-order valence-corrected chi connectivity index (χ1v) is 6.88. The summed E-state index contributed by atoms with van der Waals surface area (Å²) in [6, 6.07) is 9.10. The van der Waals surface area contributed by atoms with Gasteiger partial charge in [0.25, 0.3) is 5.91 Å². The van der Waals surface area contributed by atoms with E-state index in [4.69, 9.17) is 5.73 Å². The van der Waals surface area contributed by atoms with Crippen LogP contribution < -0.4 is 11.1 Å². The maximum absolute atomic E-state index is 13.5.